The molecule has 1 heterocycles. The van der Waals surface area contributed by atoms with Crippen LogP contribution in [0.25, 0.3) is 0 Å². The van der Waals surface area contributed by atoms with Crippen LogP contribution >= 0.6 is 11.8 Å². The number of nitrogens with one attached hydrogen (secondary N) is 1. The molecule has 1 unspecified atom stereocenters. The molecule has 0 saturated heterocycles. The van der Waals surface area contributed by atoms with Crippen molar-refractivity contribution in [3.63, 3.8) is 0 Å². The summed E-state index contributed by atoms with van der Waals surface area (Å²) in [6.45, 7) is 4.18. The number of nitrogen functional groups attached to an aromatic ring is 1. The van der Waals surface area contributed by atoms with Crippen LogP contribution in [0.2, 0.25) is 0 Å². The molecule has 0 amide bonds. The molecule has 1 aromatic rings. The molecule has 0 spiro atoms. The van der Waals surface area contributed by atoms with E-state index >= 15 is 0 Å². The van der Waals surface area contributed by atoms with Gasteiger partial charge in [0, 0.05) is 5.75 Å². The Bertz CT molecular complexity index is 292. The van der Waals surface area contributed by atoms with Crippen LogP contribution in [-0.4, -0.2) is 44.9 Å². The van der Waals surface area contributed by atoms with Gasteiger partial charge in [-0.05, 0) is 13.8 Å². The minimum absolute atomic E-state index is 0.129. The number of hydrogen-bond acceptors (Lipinski definition) is 6. The van der Waals surface area contributed by atoms with Crippen molar-refractivity contribution in [2.45, 2.75) is 31.2 Å². The fourth-order valence-corrected chi connectivity index (χ4v) is 1.56. The number of aliphatic hydroxyl groups excluding tert-OH is 1. The number of hydrogen-bond donors (Lipinski definition) is 3. The smallest absolute Gasteiger partial charge is 0.216 e. The second-order valence-corrected chi connectivity index (χ2v) is 4.34. The molecule has 1 rings (SSSR count). The predicted octanol–water partition coefficient (Wildman–Crippen LogP) is 0.265. The van der Waals surface area contributed by atoms with Crippen molar-refractivity contribution in [1.29, 1.82) is 0 Å². The summed E-state index contributed by atoms with van der Waals surface area (Å²) in [6, 6.07) is 0. The molecule has 0 bridgehead atoms. The van der Waals surface area contributed by atoms with Gasteiger partial charge in [0.2, 0.25) is 11.1 Å². The highest BCUT2D eigenvalue weighted by Gasteiger charge is 2.08. The van der Waals surface area contributed by atoms with Gasteiger partial charge in [-0.25, -0.2) is 5.10 Å². The second kappa shape index (κ2) is 5.94. The lowest BCUT2D eigenvalue weighted by Gasteiger charge is -2.11. The van der Waals surface area contributed by atoms with Gasteiger partial charge in [0.15, 0.2) is 0 Å². The Kier molecular flexibility index (Phi) is 4.86. The summed E-state index contributed by atoms with van der Waals surface area (Å²) in [6.07, 6.45) is -0.388. The second-order valence-electron chi connectivity index (χ2n) is 3.35. The Hall–Kier alpha value is -0.790. The van der Waals surface area contributed by atoms with E-state index in [-0.39, 0.29) is 12.1 Å². The van der Waals surface area contributed by atoms with Gasteiger partial charge < -0.3 is 15.6 Å². The van der Waals surface area contributed by atoms with Gasteiger partial charge in [-0.1, -0.05) is 11.8 Å². The van der Waals surface area contributed by atoms with Crippen molar-refractivity contribution in [3.05, 3.63) is 0 Å². The molecule has 0 aliphatic carbocycles. The highest BCUT2D eigenvalue weighted by atomic mass is 32.2. The summed E-state index contributed by atoms with van der Waals surface area (Å²) >= 11 is 1.34. The molecule has 1 aromatic heterocycles. The van der Waals surface area contributed by atoms with E-state index in [9.17, 15) is 5.11 Å². The van der Waals surface area contributed by atoms with Crippen molar-refractivity contribution in [1.82, 2.24) is 15.2 Å². The lowest BCUT2D eigenvalue weighted by Crippen LogP contribution is -2.20. The first-order valence-electron chi connectivity index (χ1n) is 4.68. The summed E-state index contributed by atoms with van der Waals surface area (Å²) in [5.41, 5.74) is 5.35. The van der Waals surface area contributed by atoms with E-state index in [2.05, 4.69) is 15.2 Å². The Morgan fingerprint density at radius 3 is 2.87 bits per heavy atom. The van der Waals surface area contributed by atoms with Gasteiger partial charge in [0.05, 0.1) is 18.8 Å². The van der Waals surface area contributed by atoms with E-state index in [1.54, 1.807) is 0 Å². The average molecular weight is 232 g/mol. The maximum atomic E-state index is 9.52. The minimum Gasteiger partial charge on any atom is -0.390 e. The zero-order valence-electron chi connectivity index (χ0n) is 8.80. The molecule has 0 aliphatic rings. The maximum Gasteiger partial charge on any atom is 0.216 e. The number of H-pyrrole nitrogens is 1. The van der Waals surface area contributed by atoms with Crippen molar-refractivity contribution in [3.8, 4) is 0 Å². The molecule has 4 N–H and O–H groups in total. The van der Waals surface area contributed by atoms with E-state index in [1.165, 1.54) is 11.8 Å². The fourth-order valence-electron chi connectivity index (χ4n) is 0.845. The molecule has 6 nitrogen and oxygen atoms in total. The number of nitrogens with two attached hydrogens (primary N) is 1. The van der Waals surface area contributed by atoms with E-state index < -0.39 is 6.10 Å². The third kappa shape index (κ3) is 5.01. The normalized spacial score (nSPS) is 13.3. The van der Waals surface area contributed by atoms with Crippen molar-refractivity contribution in [2.75, 3.05) is 18.1 Å². The molecule has 86 valence electrons. The number of aliphatic hydroxyl groups is 1. The molecule has 0 radical (unpaired) electrons. The molecule has 15 heavy (non-hydrogen) atoms. The summed E-state index contributed by atoms with van der Waals surface area (Å²) in [5.74, 6) is 0.773. The monoisotopic (exact) mass is 232 g/mol. The van der Waals surface area contributed by atoms with Crippen LogP contribution < -0.4 is 5.73 Å². The molecule has 1 atom stereocenters. The fraction of sp³-hybridized carbons (Fsp3) is 0.750. The first-order valence-corrected chi connectivity index (χ1v) is 5.67. The number of aromatic amines is 1. The Labute approximate surface area is 92.6 Å². The number of thioether (sulfide) groups is 1. The van der Waals surface area contributed by atoms with E-state index in [0.717, 1.165) is 0 Å². The Morgan fingerprint density at radius 2 is 2.33 bits per heavy atom. The largest absolute Gasteiger partial charge is 0.390 e. The molecular weight excluding hydrogens is 216 g/mol. The summed E-state index contributed by atoms with van der Waals surface area (Å²) in [5, 5.41) is 16.4. The van der Waals surface area contributed by atoms with Crippen molar-refractivity contribution in [2.24, 2.45) is 0 Å². The van der Waals surface area contributed by atoms with E-state index in [1.807, 2.05) is 13.8 Å². The summed E-state index contributed by atoms with van der Waals surface area (Å²) in [7, 11) is 0. The van der Waals surface area contributed by atoms with Crippen LogP contribution in [0.15, 0.2) is 5.16 Å². The number of ether oxygens (including phenoxy) is 1. The lowest BCUT2D eigenvalue weighted by atomic mass is 10.4. The van der Waals surface area contributed by atoms with Crippen molar-refractivity contribution >= 4 is 17.7 Å². The van der Waals surface area contributed by atoms with Crippen LogP contribution in [0.5, 0.6) is 0 Å². The van der Waals surface area contributed by atoms with E-state index in [4.69, 9.17) is 10.5 Å². The van der Waals surface area contributed by atoms with Gasteiger partial charge in [-0.15, -0.1) is 5.10 Å². The van der Waals surface area contributed by atoms with Gasteiger partial charge in [-0.2, -0.15) is 4.98 Å². The average Bonchev–Trinajstić information content (AvgIpc) is 2.58. The lowest BCUT2D eigenvalue weighted by molar-refractivity contribution is 0.0152. The first kappa shape index (κ1) is 12.3. The summed E-state index contributed by atoms with van der Waals surface area (Å²) in [4.78, 5) is 3.90. The van der Waals surface area contributed by atoms with Gasteiger partial charge >= 0.3 is 0 Å². The van der Waals surface area contributed by atoms with Crippen molar-refractivity contribution < 1.29 is 9.84 Å². The van der Waals surface area contributed by atoms with Gasteiger partial charge in [0.25, 0.3) is 0 Å². The van der Waals surface area contributed by atoms with Gasteiger partial charge in [0.1, 0.15) is 0 Å². The zero-order chi connectivity index (χ0) is 11.3. The maximum absolute atomic E-state index is 9.52. The molecule has 0 aliphatic heterocycles. The number of aromatic nitrogens is 3. The van der Waals surface area contributed by atoms with Crippen LogP contribution in [0, 0.1) is 0 Å². The highest BCUT2D eigenvalue weighted by Crippen LogP contribution is 2.14. The first-order chi connectivity index (χ1) is 7.08. The molecule has 0 aromatic carbocycles. The molecular formula is C8H16N4O2S. The number of anilines is 1. The zero-order valence-corrected chi connectivity index (χ0v) is 9.62. The highest BCUT2D eigenvalue weighted by molar-refractivity contribution is 7.99. The molecule has 0 saturated carbocycles. The van der Waals surface area contributed by atoms with E-state index in [0.29, 0.717) is 17.5 Å². The topological polar surface area (TPSA) is 97.0 Å². The Morgan fingerprint density at radius 1 is 1.60 bits per heavy atom. The number of rotatable bonds is 6. The van der Waals surface area contributed by atoms with Crippen LogP contribution in [0.1, 0.15) is 13.8 Å². The van der Waals surface area contributed by atoms with Crippen LogP contribution in [0.3, 0.4) is 0 Å². The SMILES string of the molecule is CC(C)OCC(O)CSc1n[nH]c(N)n1. The van der Waals surface area contributed by atoms with Crippen LogP contribution in [0.4, 0.5) is 5.95 Å². The third-order valence-corrected chi connectivity index (χ3v) is 2.50. The van der Waals surface area contributed by atoms with Crippen LogP contribution in [-0.2, 0) is 4.74 Å². The number of nitrogens with zero attached hydrogens (tertiary/aromatic N) is 2. The molecule has 7 heteroatoms. The molecule has 0 fully saturated rings. The third-order valence-electron chi connectivity index (χ3n) is 1.51. The predicted molar refractivity (Wildman–Crippen MR) is 58.6 cm³/mol. The Balaban J connectivity index is 2.19. The quantitative estimate of drug-likeness (QED) is 0.609. The minimum atomic E-state index is -0.517. The van der Waals surface area contributed by atoms with Gasteiger partial charge in [-0.3, -0.25) is 0 Å². The summed E-state index contributed by atoms with van der Waals surface area (Å²) < 4.78 is 5.26. The standard InChI is InChI=1S/C8H16N4O2S/c1-5(2)14-3-6(13)4-15-8-10-7(9)11-12-8/h5-6,13H,3-4H2,1-2H3,(H3,9,10,11,12).